The Morgan fingerprint density at radius 1 is 1.16 bits per heavy atom. The van der Waals surface area contributed by atoms with Crippen LogP contribution in [0.15, 0.2) is 54.6 Å². The van der Waals surface area contributed by atoms with E-state index in [4.69, 9.17) is 16.3 Å². The van der Waals surface area contributed by atoms with Gasteiger partial charge in [-0.25, -0.2) is 0 Å². The van der Waals surface area contributed by atoms with Crippen LogP contribution in [0.2, 0.25) is 5.02 Å². The summed E-state index contributed by atoms with van der Waals surface area (Å²) in [6.07, 6.45) is -0.412. The Morgan fingerprint density at radius 2 is 1.88 bits per heavy atom. The summed E-state index contributed by atoms with van der Waals surface area (Å²) in [5.41, 5.74) is 0.910. The Bertz CT molecular complexity index is 720. The number of carboxylic acids is 1. The standard InChI is InChI=1S/C19H20ClNO4/c1-13(25-17-9-5-8-16(20)11-17)18(22)21-12-15(19(23)24)10-14-6-3-2-4-7-14/h2-9,11,13,15H,10,12H2,1H3,(H,21,22)(H,23,24). The second-order valence-corrected chi connectivity index (χ2v) is 6.12. The molecule has 6 heteroatoms. The molecule has 132 valence electrons. The monoisotopic (exact) mass is 361 g/mol. The van der Waals surface area contributed by atoms with Crippen LogP contribution in [0.25, 0.3) is 0 Å². The second-order valence-electron chi connectivity index (χ2n) is 5.69. The number of ether oxygens (including phenoxy) is 1. The third-order valence-corrected chi connectivity index (χ3v) is 3.91. The number of carboxylic acid groups (broad SMARTS) is 1. The average molecular weight is 362 g/mol. The fourth-order valence-electron chi connectivity index (χ4n) is 2.31. The third kappa shape index (κ3) is 6.12. The summed E-state index contributed by atoms with van der Waals surface area (Å²) in [6.45, 7) is 1.63. The fourth-order valence-corrected chi connectivity index (χ4v) is 2.49. The van der Waals surface area contributed by atoms with Gasteiger partial charge >= 0.3 is 5.97 Å². The van der Waals surface area contributed by atoms with Crippen LogP contribution in [-0.2, 0) is 16.0 Å². The minimum atomic E-state index is -0.951. The van der Waals surface area contributed by atoms with Gasteiger partial charge in [0, 0.05) is 11.6 Å². The predicted molar refractivity (Wildman–Crippen MR) is 95.8 cm³/mol. The maximum absolute atomic E-state index is 12.1. The van der Waals surface area contributed by atoms with E-state index in [2.05, 4.69) is 5.32 Å². The Labute approximate surface area is 151 Å². The Hall–Kier alpha value is -2.53. The number of carbonyl (C=O) groups excluding carboxylic acids is 1. The first-order chi connectivity index (χ1) is 12.0. The highest BCUT2D eigenvalue weighted by Gasteiger charge is 2.21. The van der Waals surface area contributed by atoms with Crippen molar-refractivity contribution in [2.24, 2.45) is 5.92 Å². The third-order valence-electron chi connectivity index (χ3n) is 3.68. The van der Waals surface area contributed by atoms with E-state index in [1.807, 2.05) is 30.3 Å². The molecule has 2 N–H and O–H groups in total. The Balaban J connectivity index is 1.88. The molecule has 0 saturated carbocycles. The van der Waals surface area contributed by atoms with Gasteiger partial charge in [0.25, 0.3) is 5.91 Å². The van der Waals surface area contributed by atoms with E-state index in [0.717, 1.165) is 5.56 Å². The number of aliphatic carboxylic acids is 1. The van der Waals surface area contributed by atoms with Crippen LogP contribution in [0.5, 0.6) is 5.75 Å². The Kier molecular flexibility index (Phi) is 6.83. The van der Waals surface area contributed by atoms with Crippen LogP contribution in [0.4, 0.5) is 0 Å². The molecular weight excluding hydrogens is 342 g/mol. The zero-order valence-corrected chi connectivity index (χ0v) is 14.6. The van der Waals surface area contributed by atoms with Crippen molar-refractivity contribution in [2.75, 3.05) is 6.54 Å². The van der Waals surface area contributed by atoms with Crippen molar-refractivity contribution in [3.8, 4) is 5.75 Å². The van der Waals surface area contributed by atoms with Crippen LogP contribution < -0.4 is 10.1 Å². The smallest absolute Gasteiger partial charge is 0.308 e. The quantitative estimate of drug-likeness (QED) is 0.757. The number of carbonyl (C=O) groups is 2. The molecule has 2 unspecified atom stereocenters. The molecule has 0 spiro atoms. The lowest BCUT2D eigenvalue weighted by atomic mass is 9.99. The van der Waals surface area contributed by atoms with Crippen molar-refractivity contribution in [3.05, 3.63) is 65.2 Å². The summed E-state index contributed by atoms with van der Waals surface area (Å²) < 4.78 is 5.52. The largest absolute Gasteiger partial charge is 0.481 e. The molecule has 0 heterocycles. The van der Waals surface area contributed by atoms with Gasteiger partial charge in [-0.2, -0.15) is 0 Å². The molecule has 0 bridgehead atoms. The van der Waals surface area contributed by atoms with E-state index in [0.29, 0.717) is 17.2 Å². The number of amides is 1. The normalized spacial score (nSPS) is 12.9. The number of benzene rings is 2. The lowest BCUT2D eigenvalue weighted by Crippen LogP contribution is -2.40. The summed E-state index contributed by atoms with van der Waals surface area (Å²) in [5.74, 6) is -1.55. The molecule has 2 atom stereocenters. The number of rotatable bonds is 8. The first kappa shape index (κ1) is 18.8. The van der Waals surface area contributed by atoms with Crippen LogP contribution in [0.1, 0.15) is 12.5 Å². The van der Waals surface area contributed by atoms with Gasteiger partial charge in [0.2, 0.25) is 0 Å². The van der Waals surface area contributed by atoms with Gasteiger partial charge in [-0.05, 0) is 37.1 Å². The summed E-state index contributed by atoms with van der Waals surface area (Å²) >= 11 is 5.88. The summed E-state index contributed by atoms with van der Waals surface area (Å²) in [5, 5.41) is 12.5. The van der Waals surface area contributed by atoms with Crippen LogP contribution >= 0.6 is 11.6 Å². The summed E-state index contributed by atoms with van der Waals surface area (Å²) in [6, 6.07) is 16.1. The van der Waals surface area contributed by atoms with Gasteiger partial charge in [0.05, 0.1) is 5.92 Å². The number of hydrogen-bond acceptors (Lipinski definition) is 3. The second kappa shape index (κ2) is 9.08. The van der Waals surface area contributed by atoms with Gasteiger partial charge < -0.3 is 15.2 Å². The highest BCUT2D eigenvalue weighted by molar-refractivity contribution is 6.30. The Morgan fingerprint density at radius 3 is 2.52 bits per heavy atom. The molecule has 5 nitrogen and oxygen atoms in total. The zero-order chi connectivity index (χ0) is 18.2. The molecule has 25 heavy (non-hydrogen) atoms. The topological polar surface area (TPSA) is 75.6 Å². The molecule has 1 amide bonds. The predicted octanol–water partition coefficient (Wildman–Crippen LogP) is 3.17. The van der Waals surface area contributed by atoms with Crippen molar-refractivity contribution in [2.45, 2.75) is 19.4 Å². The highest BCUT2D eigenvalue weighted by Crippen LogP contribution is 2.18. The molecule has 0 fully saturated rings. The molecule has 0 radical (unpaired) electrons. The van der Waals surface area contributed by atoms with Crippen LogP contribution in [0, 0.1) is 5.92 Å². The summed E-state index contributed by atoms with van der Waals surface area (Å²) in [4.78, 5) is 23.6. The first-order valence-electron chi connectivity index (χ1n) is 7.92. The van der Waals surface area contributed by atoms with Crippen LogP contribution in [0.3, 0.4) is 0 Å². The molecule has 0 aliphatic rings. The molecule has 0 saturated heterocycles. The van der Waals surface area contributed by atoms with E-state index >= 15 is 0 Å². The van der Waals surface area contributed by atoms with Gasteiger partial charge in [-0.15, -0.1) is 0 Å². The summed E-state index contributed by atoms with van der Waals surface area (Å²) in [7, 11) is 0. The van der Waals surface area contributed by atoms with Crippen molar-refractivity contribution >= 4 is 23.5 Å². The number of hydrogen-bond donors (Lipinski definition) is 2. The van der Waals surface area contributed by atoms with Gasteiger partial charge in [-0.1, -0.05) is 48.0 Å². The number of halogens is 1. The van der Waals surface area contributed by atoms with Crippen molar-refractivity contribution in [3.63, 3.8) is 0 Å². The van der Waals surface area contributed by atoms with E-state index in [1.165, 1.54) is 0 Å². The van der Waals surface area contributed by atoms with Crippen LogP contribution in [-0.4, -0.2) is 29.6 Å². The number of nitrogens with one attached hydrogen (secondary N) is 1. The lowest BCUT2D eigenvalue weighted by molar-refractivity contribution is -0.141. The molecular formula is C19H20ClNO4. The van der Waals surface area contributed by atoms with E-state index < -0.39 is 18.0 Å². The fraction of sp³-hybridized carbons (Fsp3) is 0.263. The van der Waals surface area contributed by atoms with Crippen molar-refractivity contribution in [1.29, 1.82) is 0 Å². The molecule has 2 rings (SSSR count). The maximum atomic E-state index is 12.1. The van der Waals surface area contributed by atoms with E-state index in [1.54, 1.807) is 31.2 Å². The van der Waals surface area contributed by atoms with Crippen molar-refractivity contribution in [1.82, 2.24) is 5.32 Å². The SMILES string of the molecule is CC(Oc1cccc(Cl)c1)C(=O)NCC(Cc1ccccc1)C(=O)O. The molecule has 0 aromatic heterocycles. The zero-order valence-electron chi connectivity index (χ0n) is 13.8. The highest BCUT2D eigenvalue weighted by atomic mass is 35.5. The van der Waals surface area contributed by atoms with Gasteiger partial charge in [0.15, 0.2) is 6.10 Å². The average Bonchev–Trinajstić information content (AvgIpc) is 2.59. The molecule has 2 aromatic rings. The van der Waals surface area contributed by atoms with Crippen molar-refractivity contribution < 1.29 is 19.4 Å². The van der Waals surface area contributed by atoms with Gasteiger partial charge in [0.1, 0.15) is 5.75 Å². The minimum Gasteiger partial charge on any atom is -0.481 e. The maximum Gasteiger partial charge on any atom is 0.308 e. The van der Waals surface area contributed by atoms with E-state index in [9.17, 15) is 14.7 Å². The minimum absolute atomic E-state index is 0.0340. The molecule has 0 aliphatic carbocycles. The van der Waals surface area contributed by atoms with Gasteiger partial charge in [-0.3, -0.25) is 9.59 Å². The lowest BCUT2D eigenvalue weighted by Gasteiger charge is -2.17. The first-order valence-corrected chi connectivity index (χ1v) is 8.30. The molecule has 2 aromatic carbocycles. The molecule has 0 aliphatic heterocycles. The van der Waals surface area contributed by atoms with E-state index in [-0.39, 0.29) is 12.5 Å².